The summed E-state index contributed by atoms with van der Waals surface area (Å²) in [6.45, 7) is 0. The van der Waals surface area contributed by atoms with E-state index in [1.54, 1.807) is 0 Å². The Morgan fingerprint density at radius 2 is 0.410 bits per heavy atom. The van der Waals surface area contributed by atoms with Crippen LogP contribution in [-0.2, 0) is 4.94 Å². The van der Waals surface area contributed by atoms with Crippen molar-refractivity contribution in [3.8, 4) is 0 Å². The van der Waals surface area contributed by atoms with Crippen molar-refractivity contribution in [2.24, 2.45) is 0 Å². The molecule has 236 valence electrons. The molecule has 0 radical (unpaired) electrons. The third kappa shape index (κ3) is 4.20. The van der Waals surface area contributed by atoms with Gasteiger partial charge in [0.25, 0.3) is 0 Å². The Morgan fingerprint density at radius 1 is 0.231 bits per heavy atom. The second-order valence-corrected chi connectivity index (χ2v) is 6.84. The van der Waals surface area contributed by atoms with Crippen LogP contribution in [0.1, 0.15) is 0 Å². The molecule has 0 rings (SSSR count). The van der Waals surface area contributed by atoms with E-state index in [0.29, 0.717) is 4.94 Å². The van der Waals surface area contributed by atoms with E-state index in [-0.39, 0.29) is 0 Å². The van der Waals surface area contributed by atoms with Gasteiger partial charge in [0.05, 0.1) is 0 Å². The van der Waals surface area contributed by atoms with Gasteiger partial charge < -0.3 is 0 Å². The van der Waals surface area contributed by atoms with E-state index in [4.69, 9.17) is 0 Å². The van der Waals surface area contributed by atoms with Gasteiger partial charge >= 0.3 is 71.5 Å². The van der Waals surface area contributed by atoms with Gasteiger partial charge in [-0.15, -0.1) is 4.94 Å². The predicted octanol–water partition coefficient (Wildman–Crippen LogP) is 8.40. The van der Waals surface area contributed by atoms with E-state index < -0.39 is 71.5 Å². The van der Waals surface area contributed by atoms with Crippen molar-refractivity contribution in [2.75, 3.05) is 0 Å². The van der Waals surface area contributed by atoms with Gasteiger partial charge in [0, 0.05) is 0 Å². The molecule has 0 spiro atoms. The second kappa shape index (κ2) is 8.82. The number of rotatable bonds is 10. The standard InChI is InChI=1S/C12F26O/c13-1(14,3(17,18)5(21,22)7(25,26)9(29,30)11(32,33)34)2(15,16)4(19,20)6(23,24)8(27,28)10(31,39-38)12(35,36)37. The third-order valence-corrected chi connectivity index (χ3v) is 4.39. The molecule has 0 bridgehead atoms. The van der Waals surface area contributed by atoms with Crippen molar-refractivity contribution in [3.05, 3.63) is 0 Å². The smallest absolute Gasteiger partial charge is 0.192 e. The van der Waals surface area contributed by atoms with Crippen LogP contribution in [0.2, 0.25) is 0 Å². The van der Waals surface area contributed by atoms with Crippen LogP contribution in [0.15, 0.2) is 0 Å². The Balaban J connectivity index is 7.36. The topological polar surface area (TPSA) is 9.23 Å². The first-order chi connectivity index (χ1) is 16.3. The number of hydrogen-bond donors (Lipinski definition) is 0. The molecular formula is C12F26O. The molecule has 0 aliphatic rings. The molecule has 1 atom stereocenters. The Labute approximate surface area is 192 Å². The average Bonchev–Trinajstić information content (AvgIpc) is 2.69. The average molecular weight is 654 g/mol. The van der Waals surface area contributed by atoms with Gasteiger partial charge in [0.1, 0.15) is 0 Å². The monoisotopic (exact) mass is 654 g/mol. The molecule has 0 aliphatic carbocycles. The number of hydrogen-bond acceptors (Lipinski definition) is 1. The van der Waals surface area contributed by atoms with Crippen molar-refractivity contribution < 1.29 is 119 Å². The molecular weight excluding hydrogens is 654 g/mol. The molecule has 0 aromatic carbocycles. The SMILES string of the molecule is FOC(F)(C(F)(F)F)C(F)(F)C(F)(F)C(F)(F)C(F)(F)C(F)(F)C(F)(F)C(F)(F)C(F)(F)C(F)(F)C(F)(F)F. The van der Waals surface area contributed by atoms with Crippen LogP contribution in [0.4, 0.5) is 114 Å². The summed E-state index contributed by atoms with van der Waals surface area (Å²) in [5, 5.41) is 0. The van der Waals surface area contributed by atoms with Crippen molar-refractivity contribution in [3.63, 3.8) is 0 Å². The fourth-order valence-corrected chi connectivity index (χ4v) is 2.03. The molecule has 0 saturated carbocycles. The lowest BCUT2D eigenvalue weighted by Gasteiger charge is -2.45. The van der Waals surface area contributed by atoms with E-state index >= 15 is 0 Å². The molecule has 27 heteroatoms. The summed E-state index contributed by atoms with van der Waals surface area (Å²) < 4.78 is 335. The van der Waals surface area contributed by atoms with E-state index in [9.17, 15) is 114 Å². The summed E-state index contributed by atoms with van der Waals surface area (Å²) in [5.41, 5.74) is 0. The summed E-state index contributed by atoms with van der Waals surface area (Å²) in [6.07, 6.45) is -16.3. The first kappa shape index (κ1) is 37.1. The zero-order chi connectivity index (χ0) is 32.7. The van der Waals surface area contributed by atoms with Gasteiger partial charge in [-0.1, -0.05) is 0 Å². The second-order valence-electron chi connectivity index (χ2n) is 6.84. The number of halogens is 26. The minimum absolute atomic E-state index is 0.638. The highest BCUT2D eigenvalue weighted by Gasteiger charge is 2.99. The highest BCUT2D eigenvalue weighted by Crippen LogP contribution is 2.67. The van der Waals surface area contributed by atoms with Crippen molar-refractivity contribution >= 4 is 0 Å². The zero-order valence-corrected chi connectivity index (χ0v) is 16.2. The predicted molar refractivity (Wildman–Crippen MR) is 62.7 cm³/mol. The molecule has 0 saturated heterocycles. The van der Waals surface area contributed by atoms with E-state index in [1.807, 2.05) is 0 Å². The number of alkyl halides is 25. The van der Waals surface area contributed by atoms with Crippen LogP contribution in [0.5, 0.6) is 0 Å². The summed E-state index contributed by atoms with van der Waals surface area (Å²) >= 11 is 0. The molecule has 0 amide bonds. The van der Waals surface area contributed by atoms with Crippen LogP contribution < -0.4 is 0 Å². The molecule has 0 fully saturated rings. The first-order valence-electron chi connectivity index (χ1n) is 7.83. The lowest BCUT2D eigenvalue weighted by molar-refractivity contribution is -0.511. The van der Waals surface area contributed by atoms with Gasteiger partial charge in [-0.3, -0.25) is 0 Å². The molecule has 0 aromatic rings. The van der Waals surface area contributed by atoms with Crippen molar-refractivity contribution in [1.29, 1.82) is 0 Å². The molecule has 0 aliphatic heterocycles. The lowest BCUT2D eigenvalue weighted by Crippen LogP contribution is -2.78. The van der Waals surface area contributed by atoms with E-state index in [2.05, 4.69) is 0 Å². The van der Waals surface area contributed by atoms with E-state index in [0.717, 1.165) is 0 Å². The Hall–Kier alpha value is -1.86. The summed E-state index contributed by atoms with van der Waals surface area (Å²) in [4.78, 5) is 0.638. The van der Waals surface area contributed by atoms with Gasteiger partial charge in [-0.05, 0) is 4.53 Å². The van der Waals surface area contributed by atoms with Gasteiger partial charge in [-0.25, -0.2) is 0 Å². The Kier molecular flexibility index (Phi) is 8.40. The van der Waals surface area contributed by atoms with Crippen LogP contribution in [-0.4, -0.2) is 71.5 Å². The maximum atomic E-state index is 13.4. The van der Waals surface area contributed by atoms with Crippen LogP contribution in [0, 0.1) is 0 Å². The highest BCUT2D eigenvalue weighted by atomic mass is 19.4. The van der Waals surface area contributed by atoms with Crippen LogP contribution in [0.3, 0.4) is 0 Å². The fourth-order valence-electron chi connectivity index (χ4n) is 2.03. The molecule has 1 nitrogen and oxygen atoms in total. The summed E-state index contributed by atoms with van der Waals surface area (Å²) in [6, 6.07) is 0. The maximum absolute atomic E-state index is 13.4. The highest BCUT2D eigenvalue weighted by molar-refractivity contribution is 5.19. The first-order valence-corrected chi connectivity index (χ1v) is 7.83. The quantitative estimate of drug-likeness (QED) is 0.215. The summed E-state index contributed by atoms with van der Waals surface area (Å²) in [5.74, 6) is -92.4. The fraction of sp³-hybridized carbons (Fsp3) is 1.00. The maximum Gasteiger partial charge on any atom is 0.460 e. The minimum atomic E-state index is -9.66. The zero-order valence-electron chi connectivity index (χ0n) is 16.2. The Morgan fingerprint density at radius 3 is 0.564 bits per heavy atom. The lowest BCUT2D eigenvalue weighted by atomic mass is 9.85. The van der Waals surface area contributed by atoms with Crippen LogP contribution >= 0.6 is 0 Å². The Bertz CT molecular complexity index is 890. The molecule has 0 heterocycles. The van der Waals surface area contributed by atoms with Gasteiger partial charge in [0.2, 0.25) is 0 Å². The largest absolute Gasteiger partial charge is 0.460 e. The molecule has 0 N–H and O–H groups in total. The normalized spacial score (nSPS) is 18.3. The summed E-state index contributed by atoms with van der Waals surface area (Å²) in [7, 11) is 0. The minimum Gasteiger partial charge on any atom is -0.192 e. The van der Waals surface area contributed by atoms with Crippen molar-refractivity contribution in [1.82, 2.24) is 0 Å². The molecule has 39 heavy (non-hydrogen) atoms. The third-order valence-electron chi connectivity index (χ3n) is 4.39. The van der Waals surface area contributed by atoms with Crippen LogP contribution in [0.25, 0.3) is 0 Å². The van der Waals surface area contributed by atoms with Crippen molar-refractivity contribution in [2.45, 2.75) is 71.5 Å². The van der Waals surface area contributed by atoms with Gasteiger partial charge in [0.15, 0.2) is 0 Å². The molecule has 0 aromatic heterocycles. The van der Waals surface area contributed by atoms with E-state index in [1.165, 1.54) is 0 Å². The molecule has 1 unspecified atom stereocenters. The van der Waals surface area contributed by atoms with Gasteiger partial charge in [-0.2, -0.15) is 110 Å².